The van der Waals surface area contributed by atoms with E-state index in [2.05, 4.69) is 11.9 Å². The minimum atomic E-state index is -0.416. The third-order valence-corrected chi connectivity index (χ3v) is 3.78. The lowest BCUT2D eigenvalue weighted by Gasteiger charge is -2.31. The second-order valence-electron chi connectivity index (χ2n) is 5.31. The summed E-state index contributed by atoms with van der Waals surface area (Å²) in [5, 5.41) is 10.2. The first-order valence-electron chi connectivity index (χ1n) is 6.69. The summed E-state index contributed by atoms with van der Waals surface area (Å²) in [7, 11) is 3.74. The molecule has 1 aliphatic carbocycles. The SMILES string of the molecule is COc1ccc(C(O)CN(C)CC2CCC2)cc1. The Morgan fingerprint density at radius 3 is 2.50 bits per heavy atom. The number of rotatable bonds is 6. The number of ether oxygens (including phenoxy) is 1. The van der Waals surface area contributed by atoms with E-state index >= 15 is 0 Å². The zero-order valence-corrected chi connectivity index (χ0v) is 11.3. The molecular weight excluding hydrogens is 226 g/mol. The van der Waals surface area contributed by atoms with Crippen molar-refractivity contribution in [2.75, 3.05) is 27.2 Å². The third-order valence-electron chi connectivity index (χ3n) is 3.78. The molecule has 1 N–H and O–H groups in total. The molecule has 1 aliphatic rings. The topological polar surface area (TPSA) is 32.7 Å². The Morgan fingerprint density at radius 1 is 1.33 bits per heavy atom. The smallest absolute Gasteiger partial charge is 0.118 e. The molecular formula is C15H23NO2. The molecule has 0 radical (unpaired) electrons. The van der Waals surface area contributed by atoms with Gasteiger partial charge in [0.1, 0.15) is 5.75 Å². The van der Waals surface area contributed by atoms with Crippen molar-refractivity contribution in [3.8, 4) is 5.75 Å². The van der Waals surface area contributed by atoms with E-state index in [1.54, 1.807) is 7.11 Å². The quantitative estimate of drug-likeness (QED) is 0.840. The molecule has 0 aliphatic heterocycles. The normalized spacial score (nSPS) is 17.6. The number of nitrogens with zero attached hydrogens (tertiary/aromatic N) is 1. The fourth-order valence-corrected chi connectivity index (χ4v) is 2.42. The summed E-state index contributed by atoms with van der Waals surface area (Å²) in [5.41, 5.74) is 0.955. The van der Waals surface area contributed by atoms with Crippen molar-refractivity contribution in [2.24, 2.45) is 5.92 Å². The highest BCUT2D eigenvalue weighted by Gasteiger charge is 2.20. The Morgan fingerprint density at radius 2 is 2.00 bits per heavy atom. The lowest BCUT2D eigenvalue weighted by atomic mass is 9.85. The molecule has 0 spiro atoms. The van der Waals surface area contributed by atoms with E-state index in [-0.39, 0.29) is 0 Å². The van der Waals surface area contributed by atoms with Gasteiger partial charge in [-0.25, -0.2) is 0 Å². The van der Waals surface area contributed by atoms with Crippen molar-refractivity contribution in [1.29, 1.82) is 0 Å². The van der Waals surface area contributed by atoms with Gasteiger partial charge in [0.05, 0.1) is 13.2 Å². The number of likely N-dealkylation sites (N-methyl/N-ethyl adjacent to an activating group) is 1. The molecule has 0 aromatic heterocycles. The van der Waals surface area contributed by atoms with E-state index in [0.29, 0.717) is 6.54 Å². The number of hydrogen-bond donors (Lipinski definition) is 1. The summed E-state index contributed by atoms with van der Waals surface area (Å²) >= 11 is 0. The van der Waals surface area contributed by atoms with Crippen LogP contribution in [0.15, 0.2) is 24.3 Å². The molecule has 3 heteroatoms. The first-order chi connectivity index (χ1) is 8.69. The van der Waals surface area contributed by atoms with Gasteiger partial charge in [-0.15, -0.1) is 0 Å². The van der Waals surface area contributed by atoms with Gasteiger partial charge in [0.15, 0.2) is 0 Å². The van der Waals surface area contributed by atoms with E-state index < -0.39 is 6.10 Å². The van der Waals surface area contributed by atoms with Crippen LogP contribution >= 0.6 is 0 Å². The number of aliphatic hydroxyl groups is 1. The van der Waals surface area contributed by atoms with Crippen molar-refractivity contribution in [3.63, 3.8) is 0 Å². The standard InChI is InChI=1S/C15H23NO2/c1-16(10-12-4-3-5-12)11-15(17)13-6-8-14(18-2)9-7-13/h6-9,12,15,17H,3-5,10-11H2,1-2H3. The maximum Gasteiger partial charge on any atom is 0.118 e. The minimum Gasteiger partial charge on any atom is -0.497 e. The van der Waals surface area contributed by atoms with Gasteiger partial charge in [-0.05, 0) is 43.5 Å². The van der Waals surface area contributed by atoms with E-state index in [0.717, 1.165) is 23.8 Å². The van der Waals surface area contributed by atoms with Crippen LogP contribution < -0.4 is 4.74 Å². The minimum absolute atomic E-state index is 0.416. The van der Waals surface area contributed by atoms with Gasteiger partial charge >= 0.3 is 0 Å². The summed E-state index contributed by atoms with van der Waals surface area (Å²) in [5.74, 6) is 1.67. The molecule has 1 fully saturated rings. The van der Waals surface area contributed by atoms with E-state index in [1.165, 1.54) is 19.3 Å². The summed E-state index contributed by atoms with van der Waals surface area (Å²) in [4.78, 5) is 2.23. The zero-order valence-electron chi connectivity index (χ0n) is 11.3. The van der Waals surface area contributed by atoms with Crippen molar-refractivity contribution in [2.45, 2.75) is 25.4 Å². The highest BCUT2D eigenvalue weighted by Crippen LogP contribution is 2.27. The number of hydrogen-bond acceptors (Lipinski definition) is 3. The van der Waals surface area contributed by atoms with Crippen LogP contribution in [0.1, 0.15) is 30.9 Å². The Labute approximate surface area is 109 Å². The number of benzene rings is 1. The summed E-state index contributed by atoms with van der Waals surface area (Å²) in [6.45, 7) is 1.80. The fraction of sp³-hybridized carbons (Fsp3) is 0.600. The Bertz CT molecular complexity index is 359. The molecule has 18 heavy (non-hydrogen) atoms. The average Bonchev–Trinajstić information content (AvgIpc) is 2.34. The molecule has 1 saturated carbocycles. The van der Waals surface area contributed by atoms with Crippen molar-refractivity contribution in [3.05, 3.63) is 29.8 Å². The highest BCUT2D eigenvalue weighted by atomic mass is 16.5. The zero-order chi connectivity index (χ0) is 13.0. The molecule has 1 aromatic carbocycles. The van der Waals surface area contributed by atoms with Gasteiger partial charge in [0.25, 0.3) is 0 Å². The van der Waals surface area contributed by atoms with E-state index in [1.807, 2.05) is 24.3 Å². The van der Waals surface area contributed by atoms with E-state index in [9.17, 15) is 5.11 Å². The monoisotopic (exact) mass is 249 g/mol. The number of methoxy groups -OCH3 is 1. The Balaban J connectivity index is 1.83. The van der Waals surface area contributed by atoms with Crippen molar-refractivity contribution < 1.29 is 9.84 Å². The molecule has 0 saturated heterocycles. The molecule has 0 heterocycles. The van der Waals surface area contributed by atoms with Crippen LogP contribution in [0.25, 0.3) is 0 Å². The van der Waals surface area contributed by atoms with Gasteiger partial charge in [0.2, 0.25) is 0 Å². The Kier molecular flexibility index (Phi) is 4.61. The second kappa shape index (κ2) is 6.21. The van der Waals surface area contributed by atoms with Crippen LogP contribution in [0.3, 0.4) is 0 Å². The first-order valence-corrected chi connectivity index (χ1v) is 6.69. The Hall–Kier alpha value is -1.06. The molecule has 1 unspecified atom stereocenters. The average molecular weight is 249 g/mol. The summed E-state index contributed by atoms with van der Waals surface area (Å²) < 4.78 is 5.11. The van der Waals surface area contributed by atoms with Crippen LogP contribution in [0.2, 0.25) is 0 Å². The fourth-order valence-electron chi connectivity index (χ4n) is 2.42. The predicted molar refractivity (Wildman–Crippen MR) is 72.8 cm³/mol. The maximum atomic E-state index is 10.2. The number of aliphatic hydroxyl groups excluding tert-OH is 1. The molecule has 1 aromatic rings. The van der Waals surface area contributed by atoms with Gasteiger partial charge in [-0.3, -0.25) is 0 Å². The lowest BCUT2D eigenvalue weighted by molar-refractivity contribution is 0.107. The van der Waals surface area contributed by atoms with Gasteiger partial charge in [-0.1, -0.05) is 18.6 Å². The third kappa shape index (κ3) is 3.47. The molecule has 0 bridgehead atoms. The summed E-state index contributed by atoms with van der Waals surface area (Å²) in [6.07, 6.45) is 3.66. The van der Waals surface area contributed by atoms with Crippen molar-refractivity contribution in [1.82, 2.24) is 4.90 Å². The van der Waals surface area contributed by atoms with Crippen LogP contribution in [-0.2, 0) is 0 Å². The van der Waals surface area contributed by atoms with Crippen LogP contribution in [0.4, 0.5) is 0 Å². The van der Waals surface area contributed by atoms with E-state index in [4.69, 9.17) is 4.74 Å². The molecule has 2 rings (SSSR count). The maximum absolute atomic E-state index is 10.2. The largest absolute Gasteiger partial charge is 0.497 e. The molecule has 1 atom stereocenters. The van der Waals surface area contributed by atoms with Crippen LogP contribution in [0.5, 0.6) is 5.75 Å². The highest BCUT2D eigenvalue weighted by molar-refractivity contribution is 5.28. The lowest BCUT2D eigenvalue weighted by Crippen LogP contribution is -2.32. The molecule has 3 nitrogen and oxygen atoms in total. The van der Waals surface area contributed by atoms with Crippen molar-refractivity contribution >= 4 is 0 Å². The van der Waals surface area contributed by atoms with Gasteiger partial charge < -0.3 is 14.7 Å². The summed E-state index contributed by atoms with van der Waals surface area (Å²) in [6, 6.07) is 7.65. The molecule has 100 valence electrons. The first kappa shape index (κ1) is 13.4. The van der Waals surface area contributed by atoms with Gasteiger partial charge in [0, 0.05) is 13.1 Å². The molecule has 0 amide bonds. The second-order valence-corrected chi connectivity index (χ2v) is 5.31. The van der Waals surface area contributed by atoms with Gasteiger partial charge in [-0.2, -0.15) is 0 Å². The predicted octanol–water partition coefficient (Wildman–Crippen LogP) is 2.46. The van der Waals surface area contributed by atoms with Crippen LogP contribution in [0, 0.1) is 5.92 Å². The van der Waals surface area contributed by atoms with Crippen LogP contribution in [-0.4, -0.2) is 37.3 Å².